The zero-order valence-corrected chi connectivity index (χ0v) is 6.74. The van der Waals surface area contributed by atoms with Crippen molar-refractivity contribution in [2.75, 3.05) is 13.1 Å². The Labute approximate surface area is 67.6 Å². The first kappa shape index (κ1) is 6.89. The van der Waals surface area contributed by atoms with E-state index in [-0.39, 0.29) is 0 Å². The van der Waals surface area contributed by atoms with Crippen molar-refractivity contribution in [1.82, 2.24) is 4.90 Å². The lowest BCUT2D eigenvalue weighted by Crippen LogP contribution is -2.35. The van der Waals surface area contributed by atoms with Gasteiger partial charge in [-0.15, -0.1) is 0 Å². The largest absolute Gasteiger partial charge is 0.370 e. The van der Waals surface area contributed by atoms with Gasteiger partial charge in [0.2, 0.25) is 0 Å². The Hall–Kier alpha value is -0.790. The van der Waals surface area contributed by atoms with Crippen LogP contribution in [0.15, 0.2) is 17.3 Å². The van der Waals surface area contributed by atoms with Crippen LogP contribution in [0.4, 0.5) is 0 Å². The molecule has 0 radical (unpaired) electrons. The minimum Gasteiger partial charge on any atom is -0.370 e. The first-order chi connectivity index (χ1) is 5.47. The van der Waals surface area contributed by atoms with Gasteiger partial charge in [-0.1, -0.05) is 0 Å². The number of aliphatic imine (C=N–C) groups is 1. The van der Waals surface area contributed by atoms with Crippen molar-refractivity contribution >= 4 is 6.21 Å². The molecule has 60 valence electrons. The van der Waals surface area contributed by atoms with Crippen LogP contribution < -0.4 is 0 Å². The standard InChI is InChI=1S/C9H14N2/c1-2-6-11-7-3-5-10-8-9(11)4-1/h3,7-9H,1-2,4-6H2. The topological polar surface area (TPSA) is 15.6 Å². The summed E-state index contributed by atoms with van der Waals surface area (Å²) in [6, 6.07) is 0.600. The second-order valence-electron chi connectivity index (χ2n) is 3.20. The molecule has 0 spiro atoms. The Kier molecular flexibility index (Phi) is 1.93. The van der Waals surface area contributed by atoms with Gasteiger partial charge in [-0.2, -0.15) is 0 Å². The van der Waals surface area contributed by atoms with Gasteiger partial charge in [0.25, 0.3) is 0 Å². The van der Waals surface area contributed by atoms with E-state index in [1.807, 2.05) is 0 Å². The summed E-state index contributed by atoms with van der Waals surface area (Å²) in [5.41, 5.74) is 0. The van der Waals surface area contributed by atoms with E-state index < -0.39 is 0 Å². The molecule has 2 aliphatic rings. The molecule has 11 heavy (non-hydrogen) atoms. The Morgan fingerprint density at radius 3 is 3.36 bits per heavy atom. The van der Waals surface area contributed by atoms with E-state index in [4.69, 9.17) is 0 Å². The van der Waals surface area contributed by atoms with Crippen molar-refractivity contribution in [3.8, 4) is 0 Å². The fourth-order valence-electron chi connectivity index (χ4n) is 1.75. The maximum atomic E-state index is 4.30. The van der Waals surface area contributed by atoms with E-state index in [0.29, 0.717) is 6.04 Å². The summed E-state index contributed by atoms with van der Waals surface area (Å²) in [4.78, 5) is 6.70. The van der Waals surface area contributed by atoms with Crippen molar-refractivity contribution in [1.29, 1.82) is 0 Å². The number of hydrogen-bond acceptors (Lipinski definition) is 2. The van der Waals surface area contributed by atoms with Gasteiger partial charge >= 0.3 is 0 Å². The molecular weight excluding hydrogens is 136 g/mol. The van der Waals surface area contributed by atoms with E-state index in [2.05, 4.69) is 28.4 Å². The zero-order valence-electron chi connectivity index (χ0n) is 6.74. The molecule has 0 aliphatic carbocycles. The van der Waals surface area contributed by atoms with E-state index in [1.54, 1.807) is 0 Å². The average Bonchev–Trinajstić information content (AvgIpc) is 2.28. The second-order valence-corrected chi connectivity index (χ2v) is 3.20. The van der Waals surface area contributed by atoms with Crippen LogP contribution in [0.3, 0.4) is 0 Å². The molecule has 0 N–H and O–H groups in total. The number of nitrogens with zero attached hydrogens (tertiary/aromatic N) is 2. The predicted molar refractivity (Wildman–Crippen MR) is 46.8 cm³/mol. The number of hydrogen-bond donors (Lipinski definition) is 0. The third-order valence-corrected chi connectivity index (χ3v) is 2.38. The molecule has 2 heteroatoms. The quantitative estimate of drug-likeness (QED) is 0.510. The van der Waals surface area contributed by atoms with Crippen LogP contribution in [0.5, 0.6) is 0 Å². The van der Waals surface area contributed by atoms with Gasteiger partial charge in [0.05, 0.1) is 12.6 Å². The average molecular weight is 150 g/mol. The Bertz CT molecular complexity index is 164. The summed E-state index contributed by atoms with van der Waals surface area (Å²) in [7, 11) is 0. The first-order valence-corrected chi connectivity index (χ1v) is 4.39. The van der Waals surface area contributed by atoms with Crippen molar-refractivity contribution in [2.24, 2.45) is 4.99 Å². The summed E-state index contributed by atoms with van der Waals surface area (Å²) in [6.45, 7) is 2.08. The van der Waals surface area contributed by atoms with Crippen LogP contribution in [0.1, 0.15) is 19.3 Å². The summed E-state index contributed by atoms with van der Waals surface area (Å²) in [5.74, 6) is 0. The van der Waals surface area contributed by atoms with Crippen LogP contribution in [0, 0.1) is 0 Å². The third kappa shape index (κ3) is 1.44. The van der Waals surface area contributed by atoms with E-state index in [9.17, 15) is 0 Å². The Morgan fingerprint density at radius 2 is 2.36 bits per heavy atom. The Balaban J connectivity index is 2.11. The lowest BCUT2D eigenvalue weighted by atomic mass is 10.0. The maximum absolute atomic E-state index is 4.30. The molecule has 0 aromatic carbocycles. The van der Waals surface area contributed by atoms with Crippen LogP contribution in [0.25, 0.3) is 0 Å². The van der Waals surface area contributed by atoms with Crippen molar-refractivity contribution in [2.45, 2.75) is 25.3 Å². The maximum Gasteiger partial charge on any atom is 0.0634 e. The second kappa shape index (κ2) is 3.07. The highest BCUT2D eigenvalue weighted by molar-refractivity contribution is 5.65. The van der Waals surface area contributed by atoms with Gasteiger partial charge in [-0.05, 0) is 31.5 Å². The van der Waals surface area contributed by atoms with Gasteiger partial charge in [-0.25, -0.2) is 0 Å². The molecule has 1 unspecified atom stereocenters. The van der Waals surface area contributed by atoms with Gasteiger partial charge < -0.3 is 4.90 Å². The summed E-state index contributed by atoms with van der Waals surface area (Å²) in [6.07, 6.45) is 10.4. The molecule has 0 aromatic heterocycles. The molecule has 0 bridgehead atoms. The minimum absolute atomic E-state index is 0.600. The van der Waals surface area contributed by atoms with Gasteiger partial charge in [0, 0.05) is 12.8 Å². The fourth-order valence-corrected chi connectivity index (χ4v) is 1.75. The van der Waals surface area contributed by atoms with Crippen molar-refractivity contribution < 1.29 is 0 Å². The van der Waals surface area contributed by atoms with Gasteiger partial charge in [0.15, 0.2) is 0 Å². The molecule has 1 atom stereocenters. The van der Waals surface area contributed by atoms with Gasteiger partial charge in [0.1, 0.15) is 0 Å². The highest BCUT2D eigenvalue weighted by Gasteiger charge is 2.17. The monoisotopic (exact) mass is 150 g/mol. The molecular formula is C9H14N2. The number of rotatable bonds is 0. The molecule has 0 amide bonds. The summed E-state index contributed by atoms with van der Waals surface area (Å²) >= 11 is 0. The molecule has 2 rings (SSSR count). The zero-order chi connectivity index (χ0) is 7.52. The molecule has 2 nitrogen and oxygen atoms in total. The van der Waals surface area contributed by atoms with Crippen LogP contribution >= 0.6 is 0 Å². The molecule has 0 saturated carbocycles. The third-order valence-electron chi connectivity index (χ3n) is 2.38. The normalized spacial score (nSPS) is 29.8. The lowest BCUT2D eigenvalue weighted by Gasteiger charge is -2.31. The van der Waals surface area contributed by atoms with Crippen LogP contribution in [0.2, 0.25) is 0 Å². The number of fused-ring (bicyclic) bond motifs is 1. The summed E-state index contributed by atoms with van der Waals surface area (Å²) in [5, 5.41) is 0. The molecule has 2 aliphatic heterocycles. The lowest BCUT2D eigenvalue weighted by molar-refractivity contribution is 0.271. The molecule has 1 fully saturated rings. The molecule has 1 saturated heterocycles. The van der Waals surface area contributed by atoms with Crippen molar-refractivity contribution in [3.05, 3.63) is 12.3 Å². The predicted octanol–water partition coefficient (Wildman–Crippen LogP) is 1.44. The molecule has 2 heterocycles. The Morgan fingerprint density at radius 1 is 1.36 bits per heavy atom. The van der Waals surface area contributed by atoms with E-state index in [1.165, 1.54) is 25.8 Å². The van der Waals surface area contributed by atoms with E-state index in [0.717, 1.165) is 6.54 Å². The highest BCUT2D eigenvalue weighted by Crippen LogP contribution is 2.16. The van der Waals surface area contributed by atoms with E-state index >= 15 is 0 Å². The van der Waals surface area contributed by atoms with Crippen LogP contribution in [-0.4, -0.2) is 30.2 Å². The van der Waals surface area contributed by atoms with Crippen LogP contribution in [-0.2, 0) is 0 Å². The van der Waals surface area contributed by atoms with Crippen molar-refractivity contribution in [3.63, 3.8) is 0 Å². The molecule has 0 aromatic rings. The highest BCUT2D eigenvalue weighted by atomic mass is 15.2. The minimum atomic E-state index is 0.600. The SMILES string of the molecule is C1=CN2CCCCC2C=NC1. The first-order valence-electron chi connectivity index (χ1n) is 4.39. The van der Waals surface area contributed by atoms with Gasteiger partial charge in [-0.3, -0.25) is 4.99 Å². The summed E-state index contributed by atoms with van der Waals surface area (Å²) < 4.78 is 0. The smallest absolute Gasteiger partial charge is 0.0634 e. The number of piperidine rings is 1. The fraction of sp³-hybridized carbons (Fsp3) is 0.667.